The minimum absolute atomic E-state index is 0.0488. The molecule has 2 aliphatic rings. The Labute approximate surface area is 128 Å². The Hall–Kier alpha value is -0.730. The average molecular weight is 334 g/mol. The Kier molecular flexibility index (Phi) is 4.20. The van der Waals surface area contributed by atoms with E-state index in [1.54, 1.807) is 0 Å². The van der Waals surface area contributed by atoms with Gasteiger partial charge in [0.2, 0.25) is 10.0 Å². The van der Waals surface area contributed by atoms with Gasteiger partial charge in [-0.2, -0.15) is 4.31 Å². The second-order valence-corrected chi connectivity index (χ2v) is 7.68. The van der Waals surface area contributed by atoms with Crippen molar-refractivity contribution in [1.82, 2.24) is 14.5 Å². The van der Waals surface area contributed by atoms with Gasteiger partial charge in [-0.15, -0.1) is 0 Å². The highest BCUT2D eigenvalue weighted by molar-refractivity contribution is 7.89. The molecule has 0 amide bonds. The van der Waals surface area contributed by atoms with E-state index >= 15 is 0 Å². The van der Waals surface area contributed by atoms with Crippen LogP contribution in [-0.2, 0) is 10.0 Å². The summed E-state index contributed by atoms with van der Waals surface area (Å²) in [6.07, 6.45) is 0. The van der Waals surface area contributed by atoms with E-state index in [0.717, 1.165) is 32.2 Å². The van der Waals surface area contributed by atoms with Crippen molar-refractivity contribution in [2.45, 2.75) is 10.9 Å². The van der Waals surface area contributed by atoms with Gasteiger partial charge in [-0.1, -0.05) is 11.6 Å². The third-order valence-electron chi connectivity index (χ3n) is 4.03. The third-order valence-corrected chi connectivity index (χ3v) is 6.14. The SMILES string of the molecule is O=S(=O)(c1ccc(F)c(Cl)c1)N1CC(N2CCNCC2)C1. The first-order valence-electron chi connectivity index (χ1n) is 6.88. The molecule has 0 atom stereocenters. The zero-order valence-electron chi connectivity index (χ0n) is 11.4. The molecular formula is C13H17ClFN3O2S. The van der Waals surface area contributed by atoms with Gasteiger partial charge < -0.3 is 5.32 Å². The van der Waals surface area contributed by atoms with E-state index in [9.17, 15) is 12.8 Å². The van der Waals surface area contributed by atoms with Crippen LogP contribution in [0.1, 0.15) is 0 Å². The number of piperazine rings is 1. The normalized spacial score (nSPS) is 22.2. The van der Waals surface area contributed by atoms with Crippen molar-refractivity contribution in [3.8, 4) is 0 Å². The number of halogens is 2. The summed E-state index contributed by atoms with van der Waals surface area (Å²) in [7, 11) is -3.57. The number of hydrogen-bond donors (Lipinski definition) is 1. The Morgan fingerprint density at radius 2 is 1.90 bits per heavy atom. The van der Waals surface area contributed by atoms with Crippen LogP contribution < -0.4 is 5.32 Å². The lowest BCUT2D eigenvalue weighted by Gasteiger charge is -2.45. The predicted molar refractivity (Wildman–Crippen MR) is 78.4 cm³/mol. The maximum Gasteiger partial charge on any atom is 0.243 e. The monoisotopic (exact) mass is 333 g/mol. The van der Waals surface area contributed by atoms with Gasteiger partial charge in [-0.25, -0.2) is 12.8 Å². The van der Waals surface area contributed by atoms with Gasteiger partial charge in [0.1, 0.15) is 5.82 Å². The van der Waals surface area contributed by atoms with Crippen LogP contribution in [0.25, 0.3) is 0 Å². The lowest BCUT2D eigenvalue weighted by Crippen LogP contribution is -2.63. The first kappa shape index (κ1) is 15.2. The molecule has 3 rings (SSSR count). The fourth-order valence-corrected chi connectivity index (χ4v) is 4.46. The van der Waals surface area contributed by atoms with Gasteiger partial charge in [0.25, 0.3) is 0 Å². The maximum absolute atomic E-state index is 13.1. The first-order valence-corrected chi connectivity index (χ1v) is 8.70. The summed E-state index contributed by atoms with van der Waals surface area (Å²) in [5.41, 5.74) is 0. The minimum Gasteiger partial charge on any atom is -0.314 e. The number of sulfonamides is 1. The molecule has 1 N–H and O–H groups in total. The third kappa shape index (κ3) is 2.93. The lowest BCUT2D eigenvalue weighted by molar-refractivity contribution is 0.0773. The molecule has 8 heteroatoms. The van der Waals surface area contributed by atoms with E-state index in [4.69, 9.17) is 11.6 Å². The molecule has 0 unspecified atom stereocenters. The Morgan fingerprint density at radius 1 is 1.24 bits per heavy atom. The first-order chi connectivity index (χ1) is 9.98. The predicted octanol–water partition coefficient (Wildman–Crippen LogP) is 0.757. The topological polar surface area (TPSA) is 52.7 Å². The molecule has 2 saturated heterocycles. The quantitative estimate of drug-likeness (QED) is 0.887. The Morgan fingerprint density at radius 3 is 2.52 bits per heavy atom. The van der Waals surface area contributed by atoms with Crippen LogP contribution >= 0.6 is 11.6 Å². The highest BCUT2D eigenvalue weighted by Gasteiger charge is 2.39. The van der Waals surface area contributed by atoms with Crippen LogP contribution in [-0.4, -0.2) is 62.9 Å². The summed E-state index contributed by atoms with van der Waals surface area (Å²) in [4.78, 5) is 2.35. The van der Waals surface area contributed by atoms with Crippen molar-refractivity contribution >= 4 is 21.6 Å². The van der Waals surface area contributed by atoms with Gasteiger partial charge in [0, 0.05) is 45.3 Å². The van der Waals surface area contributed by atoms with E-state index in [1.165, 1.54) is 16.4 Å². The number of rotatable bonds is 3. The Bertz CT molecular complexity index is 628. The molecule has 2 aliphatic heterocycles. The molecule has 2 heterocycles. The maximum atomic E-state index is 13.1. The smallest absolute Gasteiger partial charge is 0.243 e. The van der Waals surface area contributed by atoms with Crippen LogP contribution in [0.2, 0.25) is 5.02 Å². The van der Waals surface area contributed by atoms with Gasteiger partial charge in [0.05, 0.1) is 9.92 Å². The van der Waals surface area contributed by atoms with Crippen molar-refractivity contribution in [3.63, 3.8) is 0 Å². The standard InChI is InChI=1S/C13H17ClFN3O2S/c14-12-7-11(1-2-13(12)15)21(19,20)18-8-10(9-18)17-5-3-16-4-6-17/h1-2,7,10,16H,3-6,8-9H2. The van der Waals surface area contributed by atoms with Crippen molar-refractivity contribution in [3.05, 3.63) is 29.0 Å². The second-order valence-electron chi connectivity index (χ2n) is 5.34. The van der Waals surface area contributed by atoms with E-state index in [1.807, 2.05) is 0 Å². The zero-order chi connectivity index (χ0) is 15.0. The summed E-state index contributed by atoms with van der Waals surface area (Å²) >= 11 is 5.66. The molecule has 2 fully saturated rings. The fraction of sp³-hybridized carbons (Fsp3) is 0.538. The van der Waals surface area contributed by atoms with Crippen LogP contribution in [0.5, 0.6) is 0 Å². The van der Waals surface area contributed by atoms with Crippen LogP contribution in [0.4, 0.5) is 4.39 Å². The summed E-state index contributed by atoms with van der Waals surface area (Å²) in [5, 5.41) is 3.10. The Balaban J connectivity index is 1.68. The summed E-state index contributed by atoms with van der Waals surface area (Å²) < 4.78 is 39.4. The average Bonchev–Trinajstić information content (AvgIpc) is 2.41. The molecule has 0 saturated carbocycles. The van der Waals surface area contributed by atoms with Crippen molar-refractivity contribution < 1.29 is 12.8 Å². The van der Waals surface area contributed by atoms with E-state index in [2.05, 4.69) is 10.2 Å². The molecule has 116 valence electrons. The van der Waals surface area contributed by atoms with E-state index < -0.39 is 15.8 Å². The van der Waals surface area contributed by atoms with Crippen molar-refractivity contribution in [1.29, 1.82) is 0 Å². The molecule has 1 aromatic rings. The number of nitrogens with zero attached hydrogens (tertiary/aromatic N) is 2. The fourth-order valence-electron chi connectivity index (χ4n) is 2.68. The molecule has 0 spiro atoms. The van der Waals surface area contributed by atoms with Crippen LogP contribution in [0, 0.1) is 5.82 Å². The molecule has 0 bridgehead atoms. The van der Waals surface area contributed by atoms with E-state index in [-0.39, 0.29) is 16.0 Å². The largest absolute Gasteiger partial charge is 0.314 e. The van der Waals surface area contributed by atoms with E-state index in [0.29, 0.717) is 13.1 Å². The minimum atomic E-state index is -3.57. The lowest BCUT2D eigenvalue weighted by atomic mass is 10.1. The molecule has 0 aliphatic carbocycles. The molecular weight excluding hydrogens is 317 g/mol. The van der Waals surface area contributed by atoms with Gasteiger partial charge in [-0.3, -0.25) is 4.90 Å². The summed E-state index contributed by atoms with van der Waals surface area (Å²) in [6.45, 7) is 4.74. The van der Waals surface area contributed by atoms with Gasteiger partial charge >= 0.3 is 0 Å². The molecule has 21 heavy (non-hydrogen) atoms. The number of benzene rings is 1. The second kappa shape index (κ2) is 5.81. The highest BCUT2D eigenvalue weighted by Crippen LogP contribution is 2.27. The van der Waals surface area contributed by atoms with Crippen molar-refractivity contribution in [2.75, 3.05) is 39.3 Å². The molecule has 0 aromatic heterocycles. The summed E-state index contributed by atoms with van der Waals surface area (Å²) in [6, 6.07) is 3.79. The van der Waals surface area contributed by atoms with Gasteiger partial charge in [-0.05, 0) is 18.2 Å². The number of hydrogen-bond acceptors (Lipinski definition) is 4. The van der Waals surface area contributed by atoms with Crippen molar-refractivity contribution in [2.24, 2.45) is 0 Å². The highest BCUT2D eigenvalue weighted by atomic mass is 35.5. The summed E-state index contributed by atoms with van der Waals surface area (Å²) in [5.74, 6) is -0.613. The molecule has 1 aromatic carbocycles. The van der Waals surface area contributed by atoms with Crippen LogP contribution in [0.15, 0.2) is 23.1 Å². The van der Waals surface area contributed by atoms with Gasteiger partial charge in [0.15, 0.2) is 0 Å². The zero-order valence-corrected chi connectivity index (χ0v) is 13.0. The number of nitrogens with one attached hydrogen (secondary N) is 1. The molecule has 5 nitrogen and oxygen atoms in total. The van der Waals surface area contributed by atoms with Crippen LogP contribution in [0.3, 0.4) is 0 Å². The molecule has 0 radical (unpaired) electrons.